The predicted molar refractivity (Wildman–Crippen MR) is 48.6 cm³/mol. The molecule has 1 saturated carbocycles. The van der Waals surface area contributed by atoms with Crippen LogP contribution in [0.2, 0.25) is 0 Å². The van der Waals surface area contributed by atoms with Crippen LogP contribution >= 0.6 is 0 Å². The molecule has 0 aliphatic heterocycles. The van der Waals surface area contributed by atoms with Gasteiger partial charge >= 0.3 is 0 Å². The Bertz CT molecular complexity index is 166. The first-order valence-corrected chi connectivity index (χ1v) is 4.60. The summed E-state index contributed by atoms with van der Waals surface area (Å²) >= 11 is 0. The van der Waals surface area contributed by atoms with Crippen LogP contribution in [0.25, 0.3) is 0 Å². The van der Waals surface area contributed by atoms with Crippen LogP contribution in [-0.4, -0.2) is 30.9 Å². The monoisotopic (exact) mass is 170 g/mol. The molecule has 2 N–H and O–H groups in total. The van der Waals surface area contributed by atoms with Crippen molar-refractivity contribution >= 4 is 5.91 Å². The van der Waals surface area contributed by atoms with E-state index in [1.165, 1.54) is 12.8 Å². The summed E-state index contributed by atoms with van der Waals surface area (Å²) in [5.41, 5.74) is 5.41. The van der Waals surface area contributed by atoms with Gasteiger partial charge in [-0.2, -0.15) is 0 Å². The first-order chi connectivity index (χ1) is 5.65. The molecule has 1 aliphatic carbocycles. The van der Waals surface area contributed by atoms with Crippen LogP contribution in [0.4, 0.5) is 0 Å². The number of nitrogens with zero attached hydrogens (tertiary/aromatic N) is 1. The number of hydrogen-bond acceptors (Lipinski definition) is 2. The van der Waals surface area contributed by atoms with Crippen molar-refractivity contribution in [3.05, 3.63) is 0 Å². The topological polar surface area (TPSA) is 46.3 Å². The van der Waals surface area contributed by atoms with E-state index in [-0.39, 0.29) is 11.8 Å². The Hall–Kier alpha value is -0.570. The fourth-order valence-electron chi connectivity index (χ4n) is 1.25. The van der Waals surface area contributed by atoms with Crippen molar-refractivity contribution in [2.24, 2.45) is 17.6 Å². The zero-order valence-electron chi connectivity index (χ0n) is 7.92. The first-order valence-electron chi connectivity index (χ1n) is 4.60. The first kappa shape index (κ1) is 9.52. The van der Waals surface area contributed by atoms with Crippen molar-refractivity contribution in [1.82, 2.24) is 4.90 Å². The lowest BCUT2D eigenvalue weighted by Crippen LogP contribution is -2.36. The van der Waals surface area contributed by atoms with Crippen molar-refractivity contribution in [1.29, 1.82) is 0 Å². The Balaban J connectivity index is 2.28. The molecule has 1 amide bonds. The highest BCUT2D eigenvalue weighted by atomic mass is 16.2. The summed E-state index contributed by atoms with van der Waals surface area (Å²) in [4.78, 5) is 13.3. The molecule has 1 unspecified atom stereocenters. The number of hydrogen-bond donors (Lipinski definition) is 1. The van der Waals surface area contributed by atoms with Crippen LogP contribution in [0.3, 0.4) is 0 Å². The lowest BCUT2D eigenvalue weighted by molar-refractivity contribution is -0.133. The number of amides is 1. The normalized spacial score (nSPS) is 18.9. The highest BCUT2D eigenvalue weighted by molar-refractivity contribution is 5.78. The summed E-state index contributed by atoms with van der Waals surface area (Å²) < 4.78 is 0. The summed E-state index contributed by atoms with van der Waals surface area (Å²) in [6.45, 7) is 3.25. The van der Waals surface area contributed by atoms with E-state index in [4.69, 9.17) is 5.73 Å². The van der Waals surface area contributed by atoms with Gasteiger partial charge in [-0.05, 0) is 18.8 Å². The third-order valence-electron chi connectivity index (χ3n) is 2.38. The number of rotatable bonds is 4. The Labute approximate surface area is 73.9 Å². The average Bonchev–Trinajstić information content (AvgIpc) is 2.85. The standard InChI is InChI=1S/C9H18N2O/c1-7(5-10)9(12)11(2)6-8-3-4-8/h7-8H,3-6,10H2,1-2H3. The second-order valence-corrected chi connectivity index (χ2v) is 3.80. The number of carbonyl (C=O) groups is 1. The minimum atomic E-state index is -0.0197. The molecule has 0 aromatic carbocycles. The maximum Gasteiger partial charge on any atom is 0.226 e. The molecule has 1 fully saturated rings. The van der Waals surface area contributed by atoms with Gasteiger partial charge in [-0.15, -0.1) is 0 Å². The summed E-state index contributed by atoms with van der Waals surface area (Å²) in [5, 5.41) is 0. The van der Waals surface area contributed by atoms with Gasteiger partial charge in [0.15, 0.2) is 0 Å². The van der Waals surface area contributed by atoms with Gasteiger partial charge in [-0.1, -0.05) is 6.92 Å². The third-order valence-corrected chi connectivity index (χ3v) is 2.38. The minimum Gasteiger partial charge on any atom is -0.345 e. The highest BCUT2D eigenvalue weighted by Crippen LogP contribution is 2.29. The molecule has 1 atom stereocenters. The molecule has 0 bridgehead atoms. The van der Waals surface area contributed by atoms with Crippen molar-refractivity contribution < 1.29 is 4.79 Å². The van der Waals surface area contributed by atoms with Crippen LogP contribution in [0.1, 0.15) is 19.8 Å². The molecule has 0 radical (unpaired) electrons. The van der Waals surface area contributed by atoms with Gasteiger partial charge in [0.25, 0.3) is 0 Å². The van der Waals surface area contributed by atoms with E-state index >= 15 is 0 Å². The third kappa shape index (κ3) is 2.48. The van der Waals surface area contributed by atoms with Crippen molar-refractivity contribution in [2.75, 3.05) is 20.1 Å². The summed E-state index contributed by atoms with van der Waals surface area (Å²) in [7, 11) is 1.87. The zero-order valence-corrected chi connectivity index (χ0v) is 7.92. The Morgan fingerprint density at radius 1 is 1.67 bits per heavy atom. The minimum absolute atomic E-state index is 0.0197. The predicted octanol–water partition coefficient (Wildman–Crippen LogP) is 0.450. The lowest BCUT2D eigenvalue weighted by atomic mass is 10.1. The molecule has 0 saturated heterocycles. The molecule has 70 valence electrons. The van der Waals surface area contributed by atoms with Gasteiger partial charge in [-0.3, -0.25) is 4.79 Å². The summed E-state index contributed by atoms with van der Waals surface area (Å²) in [5.74, 6) is 0.932. The quantitative estimate of drug-likeness (QED) is 0.666. The van der Waals surface area contributed by atoms with Gasteiger partial charge in [0.2, 0.25) is 5.91 Å². The largest absolute Gasteiger partial charge is 0.345 e. The summed E-state index contributed by atoms with van der Waals surface area (Å²) in [6.07, 6.45) is 2.57. The molecule has 3 heteroatoms. The fraction of sp³-hybridized carbons (Fsp3) is 0.889. The van der Waals surface area contributed by atoms with E-state index in [0.717, 1.165) is 12.5 Å². The van der Waals surface area contributed by atoms with Gasteiger partial charge in [0, 0.05) is 26.1 Å². The highest BCUT2D eigenvalue weighted by Gasteiger charge is 2.26. The molecule has 0 heterocycles. The van der Waals surface area contributed by atoms with E-state index in [2.05, 4.69) is 0 Å². The number of carbonyl (C=O) groups excluding carboxylic acids is 1. The van der Waals surface area contributed by atoms with Crippen molar-refractivity contribution in [2.45, 2.75) is 19.8 Å². The molecule has 1 rings (SSSR count). The fourth-order valence-corrected chi connectivity index (χ4v) is 1.25. The molecular formula is C9H18N2O. The van der Waals surface area contributed by atoms with Crippen LogP contribution in [-0.2, 0) is 4.79 Å². The van der Waals surface area contributed by atoms with Crippen LogP contribution in [0, 0.1) is 11.8 Å². The Kier molecular flexibility index (Phi) is 3.09. The number of nitrogens with two attached hydrogens (primary N) is 1. The van der Waals surface area contributed by atoms with Gasteiger partial charge in [0.05, 0.1) is 0 Å². The van der Waals surface area contributed by atoms with Gasteiger partial charge in [-0.25, -0.2) is 0 Å². The van der Waals surface area contributed by atoms with E-state index in [1.807, 2.05) is 18.9 Å². The maximum atomic E-state index is 11.5. The van der Waals surface area contributed by atoms with Crippen LogP contribution < -0.4 is 5.73 Å². The van der Waals surface area contributed by atoms with Crippen LogP contribution in [0.5, 0.6) is 0 Å². The smallest absolute Gasteiger partial charge is 0.226 e. The summed E-state index contributed by atoms with van der Waals surface area (Å²) in [6, 6.07) is 0. The van der Waals surface area contributed by atoms with E-state index in [9.17, 15) is 4.79 Å². The molecule has 1 aliphatic rings. The lowest BCUT2D eigenvalue weighted by Gasteiger charge is -2.20. The van der Waals surface area contributed by atoms with E-state index in [1.54, 1.807) is 0 Å². The molecular weight excluding hydrogens is 152 g/mol. The van der Waals surface area contributed by atoms with Crippen molar-refractivity contribution in [3.63, 3.8) is 0 Å². The molecule has 0 aromatic rings. The molecule has 0 spiro atoms. The average molecular weight is 170 g/mol. The van der Waals surface area contributed by atoms with Gasteiger partial charge in [0.1, 0.15) is 0 Å². The van der Waals surface area contributed by atoms with E-state index < -0.39 is 0 Å². The molecule has 3 nitrogen and oxygen atoms in total. The second kappa shape index (κ2) is 3.90. The molecule has 0 aromatic heterocycles. The zero-order chi connectivity index (χ0) is 9.14. The molecule has 12 heavy (non-hydrogen) atoms. The van der Waals surface area contributed by atoms with E-state index in [0.29, 0.717) is 6.54 Å². The van der Waals surface area contributed by atoms with Crippen LogP contribution in [0.15, 0.2) is 0 Å². The van der Waals surface area contributed by atoms with Gasteiger partial charge < -0.3 is 10.6 Å². The Morgan fingerprint density at radius 3 is 2.67 bits per heavy atom. The maximum absolute atomic E-state index is 11.5. The van der Waals surface area contributed by atoms with Crippen molar-refractivity contribution in [3.8, 4) is 0 Å². The Morgan fingerprint density at radius 2 is 2.25 bits per heavy atom. The second-order valence-electron chi connectivity index (χ2n) is 3.80. The SMILES string of the molecule is CC(CN)C(=O)N(C)CC1CC1.